The van der Waals surface area contributed by atoms with Crippen LogP contribution in [0.5, 0.6) is 0 Å². The lowest BCUT2D eigenvalue weighted by atomic mass is 10.3. The van der Waals surface area contributed by atoms with E-state index < -0.39 is 0 Å². The Hall–Kier alpha value is -0.900. The summed E-state index contributed by atoms with van der Waals surface area (Å²) in [6.45, 7) is 1.77. The molecule has 13 heavy (non-hydrogen) atoms. The highest BCUT2D eigenvalue weighted by molar-refractivity contribution is 8.13. The van der Waals surface area contributed by atoms with Gasteiger partial charge in [-0.15, -0.1) is 0 Å². The summed E-state index contributed by atoms with van der Waals surface area (Å²) in [7, 11) is 0. The molecule has 1 aliphatic heterocycles. The zero-order valence-corrected chi connectivity index (χ0v) is 8.14. The molecule has 3 nitrogen and oxygen atoms in total. The van der Waals surface area contributed by atoms with E-state index in [1.54, 1.807) is 24.3 Å². The maximum atomic E-state index is 4.97. The second-order valence-electron chi connectivity index (χ2n) is 2.87. The molecule has 0 bridgehead atoms. The van der Waals surface area contributed by atoms with Crippen LogP contribution in [-0.4, -0.2) is 17.5 Å². The van der Waals surface area contributed by atoms with Crippen LogP contribution in [0, 0.1) is 0 Å². The fourth-order valence-electron chi connectivity index (χ4n) is 1.14. The van der Waals surface area contributed by atoms with Crippen LogP contribution in [0.4, 0.5) is 0 Å². The molecular weight excluding hydrogens is 184 g/mol. The first-order valence-corrected chi connectivity index (χ1v) is 5.36. The molecule has 2 heterocycles. The standard InChI is InChI=1S/C9H12N2OS/c1-3-10-9(13-5-1)11-6-8-2-4-12-7-8/h2,4,7H,1,3,5-6H2,(H,10,11). The second kappa shape index (κ2) is 4.37. The number of amidine groups is 1. The van der Waals surface area contributed by atoms with E-state index in [0.29, 0.717) is 0 Å². The van der Waals surface area contributed by atoms with Crippen molar-refractivity contribution >= 4 is 16.9 Å². The fraction of sp³-hybridized carbons (Fsp3) is 0.444. The summed E-state index contributed by atoms with van der Waals surface area (Å²) in [4.78, 5) is 4.37. The Labute approximate surface area is 81.6 Å². The van der Waals surface area contributed by atoms with Crippen molar-refractivity contribution in [3.8, 4) is 0 Å². The van der Waals surface area contributed by atoms with Crippen LogP contribution in [0.3, 0.4) is 0 Å². The molecular formula is C9H12N2OS. The van der Waals surface area contributed by atoms with Crippen LogP contribution in [0.1, 0.15) is 12.0 Å². The van der Waals surface area contributed by atoms with Gasteiger partial charge < -0.3 is 9.73 Å². The van der Waals surface area contributed by atoms with E-state index in [1.807, 2.05) is 6.07 Å². The maximum Gasteiger partial charge on any atom is 0.156 e. The molecule has 70 valence electrons. The van der Waals surface area contributed by atoms with Gasteiger partial charge in [0.2, 0.25) is 0 Å². The summed E-state index contributed by atoms with van der Waals surface area (Å²) in [5, 5.41) is 4.34. The first kappa shape index (κ1) is 8.69. The minimum absolute atomic E-state index is 0.808. The first-order valence-electron chi connectivity index (χ1n) is 4.37. The molecule has 0 radical (unpaired) electrons. The normalized spacial score (nSPS) is 16.8. The van der Waals surface area contributed by atoms with Crippen molar-refractivity contribution in [1.29, 1.82) is 0 Å². The van der Waals surface area contributed by atoms with Gasteiger partial charge >= 0.3 is 0 Å². The molecule has 0 amide bonds. The van der Waals surface area contributed by atoms with Gasteiger partial charge in [0, 0.05) is 24.4 Å². The van der Waals surface area contributed by atoms with E-state index in [9.17, 15) is 0 Å². The van der Waals surface area contributed by atoms with Crippen molar-refractivity contribution in [3.05, 3.63) is 24.2 Å². The van der Waals surface area contributed by atoms with Gasteiger partial charge in [0.1, 0.15) is 0 Å². The Morgan fingerprint density at radius 2 is 2.62 bits per heavy atom. The highest BCUT2D eigenvalue weighted by Crippen LogP contribution is 2.10. The van der Waals surface area contributed by atoms with Crippen LogP contribution in [0.15, 0.2) is 28.0 Å². The summed E-state index contributed by atoms with van der Waals surface area (Å²) in [6.07, 6.45) is 4.63. The fourth-order valence-corrected chi connectivity index (χ4v) is 1.96. The molecule has 0 saturated carbocycles. The second-order valence-corrected chi connectivity index (χ2v) is 3.96. The molecule has 0 atom stereocenters. The Bertz CT molecular complexity index is 282. The number of nitrogens with zero attached hydrogens (tertiary/aromatic N) is 1. The molecule has 0 aliphatic carbocycles. The first-order chi connectivity index (χ1) is 6.45. The van der Waals surface area contributed by atoms with E-state index in [-0.39, 0.29) is 0 Å². The highest BCUT2D eigenvalue weighted by atomic mass is 32.2. The monoisotopic (exact) mass is 196 g/mol. The van der Waals surface area contributed by atoms with E-state index in [0.717, 1.165) is 23.8 Å². The van der Waals surface area contributed by atoms with Gasteiger partial charge in [0.25, 0.3) is 0 Å². The Morgan fingerprint density at radius 1 is 1.62 bits per heavy atom. The average Bonchev–Trinajstić information content (AvgIpc) is 2.69. The number of hydrogen-bond donors (Lipinski definition) is 1. The van der Waals surface area contributed by atoms with Gasteiger partial charge in [-0.05, 0) is 12.5 Å². The number of thioether (sulfide) groups is 1. The number of nitrogens with one attached hydrogen (secondary N) is 1. The third kappa shape index (κ3) is 2.52. The Morgan fingerprint density at radius 3 is 3.31 bits per heavy atom. The van der Waals surface area contributed by atoms with Crippen molar-refractivity contribution in [2.24, 2.45) is 4.99 Å². The zero-order chi connectivity index (χ0) is 8.93. The summed E-state index contributed by atoms with van der Waals surface area (Å²) >= 11 is 1.79. The molecule has 0 unspecified atom stereocenters. The number of furan rings is 1. The molecule has 1 aromatic rings. The van der Waals surface area contributed by atoms with Crippen LogP contribution in [-0.2, 0) is 6.54 Å². The molecule has 4 heteroatoms. The molecule has 0 fully saturated rings. The van der Waals surface area contributed by atoms with Gasteiger partial charge in [0.15, 0.2) is 5.17 Å². The Kier molecular flexibility index (Phi) is 2.92. The van der Waals surface area contributed by atoms with Crippen LogP contribution in [0.25, 0.3) is 0 Å². The molecule has 2 rings (SSSR count). The SMILES string of the molecule is c1cc(CNC2=NCCCS2)co1. The smallest absolute Gasteiger partial charge is 0.156 e. The lowest BCUT2D eigenvalue weighted by Crippen LogP contribution is -2.22. The third-order valence-corrected chi connectivity index (χ3v) is 2.86. The van der Waals surface area contributed by atoms with Crippen molar-refractivity contribution in [2.75, 3.05) is 12.3 Å². The van der Waals surface area contributed by atoms with E-state index in [4.69, 9.17) is 4.42 Å². The summed E-state index contributed by atoms with van der Waals surface area (Å²) < 4.78 is 4.97. The summed E-state index contributed by atoms with van der Waals surface area (Å²) in [6, 6.07) is 1.96. The lowest BCUT2D eigenvalue weighted by Gasteiger charge is -2.12. The number of hydrogen-bond acceptors (Lipinski definition) is 4. The molecule has 0 aromatic carbocycles. The van der Waals surface area contributed by atoms with Crippen molar-refractivity contribution < 1.29 is 4.42 Å². The van der Waals surface area contributed by atoms with E-state index in [1.165, 1.54) is 12.2 Å². The van der Waals surface area contributed by atoms with Gasteiger partial charge in [-0.3, -0.25) is 4.99 Å². The molecule has 1 N–H and O–H groups in total. The topological polar surface area (TPSA) is 37.5 Å². The number of aliphatic imine (C=N–C) groups is 1. The maximum absolute atomic E-state index is 4.97. The lowest BCUT2D eigenvalue weighted by molar-refractivity contribution is 0.563. The predicted octanol–water partition coefficient (Wildman–Crippen LogP) is 1.86. The highest BCUT2D eigenvalue weighted by Gasteiger charge is 2.04. The largest absolute Gasteiger partial charge is 0.472 e. The van der Waals surface area contributed by atoms with Gasteiger partial charge in [-0.25, -0.2) is 0 Å². The Balaban J connectivity index is 1.82. The molecule has 1 aliphatic rings. The third-order valence-electron chi connectivity index (χ3n) is 1.82. The average molecular weight is 196 g/mol. The minimum Gasteiger partial charge on any atom is -0.472 e. The van der Waals surface area contributed by atoms with Gasteiger partial charge in [-0.1, -0.05) is 11.8 Å². The van der Waals surface area contributed by atoms with Crippen molar-refractivity contribution in [3.63, 3.8) is 0 Å². The molecule has 0 spiro atoms. The van der Waals surface area contributed by atoms with E-state index in [2.05, 4.69) is 10.3 Å². The van der Waals surface area contributed by atoms with Crippen molar-refractivity contribution in [1.82, 2.24) is 5.32 Å². The van der Waals surface area contributed by atoms with Gasteiger partial charge in [0.05, 0.1) is 12.5 Å². The zero-order valence-electron chi connectivity index (χ0n) is 7.32. The minimum atomic E-state index is 0.808. The van der Waals surface area contributed by atoms with Crippen LogP contribution in [0.2, 0.25) is 0 Å². The molecule has 0 saturated heterocycles. The van der Waals surface area contributed by atoms with Crippen LogP contribution >= 0.6 is 11.8 Å². The van der Waals surface area contributed by atoms with E-state index >= 15 is 0 Å². The van der Waals surface area contributed by atoms with Crippen LogP contribution < -0.4 is 5.32 Å². The van der Waals surface area contributed by atoms with Crippen molar-refractivity contribution in [2.45, 2.75) is 13.0 Å². The summed E-state index contributed by atoms with van der Waals surface area (Å²) in [5.41, 5.74) is 1.16. The quantitative estimate of drug-likeness (QED) is 0.784. The molecule has 1 aromatic heterocycles. The van der Waals surface area contributed by atoms with Gasteiger partial charge in [-0.2, -0.15) is 0 Å². The predicted molar refractivity (Wildman–Crippen MR) is 54.9 cm³/mol. The number of rotatable bonds is 2. The summed E-state index contributed by atoms with van der Waals surface area (Å²) in [5.74, 6) is 1.18.